The summed E-state index contributed by atoms with van der Waals surface area (Å²) in [5.41, 5.74) is 0.903. The van der Waals surface area contributed by atoms with Gasteiger partial charge in [-0.2, -0.15) is 4.31 Å². The molecule has 36 heavy (non-hydrogen) atoms. The van der Waals surface area contributed by atoms with Gasteiger partial charge in [0.25, 0.3) is 5.91 Å². The predicted octanol–water partition coefficient (Wildman–Crippen LogP) is 3.60. The lowest BCUT2D eigenvalue weighted by Crippen LogP contribution is -2.45. The first-order valence-electron chi connectivity index (χ1n) is 10.9. The monoisotopic (exact) mass is 528 g/mol. The lowest BCUT2D eigenvalue weighted by molar-refractivity contribution is -0.122. The summed E-state index contributed by atoms with van der Waals surface area (Å²) in [4.78, 5) is 27.5. The van der Waals surface area contributed by atoms with Gasteiger partial charge in [-0.25, -0.2) is 13.3 Å². The Kier molecular flexibility index (Phi) is 6.33. The molecule has 2 amide bonds. The summed E-state index contributed by atoms with van der Waals surface area (Å²) in [5.74, 6) is 0.443. The van der Waals surface area contributed by atoms with Crippen LogP contribution in [0.15, 0.2) is 71.6 Å². The number of imide groups is 1. The average molecular weight is 529 g/mol. The second-order valence-electron chi connectivity index (χ2n) is 8.18. The van der Waals surface area contributed by atoms with Crippen molar-refractivity contribution in [3.05, 3.63) is 77.3 Å². The van der Waals surface area contributed by atoms with Crippen molar-refractivity contribution in [2.24, 2.45) is 0 Å². The Morgan fingerprint density at radius 3 is 2.39 bits per heavy atom. The number of fused-ring (bicyclic) bond motifs is 1. The van der Waals surface area contributed by atoms with E-state index >= 15 is 0 Å². The normalized spacial score (nSPS) is 17.2. The Morgan fingerprint density at radius 1 is 1.00 bits per heavy atom. The van der Waals surface area contributed by atoms with Gasteiger partial charge in [0.05, 0.1) is 24.1 Å². The number of benzene rings is 3. The van der Waals surface area contributed by atoms with Gasteiger partial charge in [0.1, 0.15) is 11.8 Å². The van der Waals surface area contributed by atoms with Gasteiger partial charge in [-0.15, -0.1) is 0 Å². The molecular formula is C25H21ClN2O7S. The first-order chi connectivity index (χ1) is 17.3. The summed E-state index contributed by atoms with van der Waals surface area (Å²) in [6.45, 7) is -0.0975. The predicted molar refractivity (Wildman–Crippen MR) is 131 cm³/mol. The van der Waals surface area contributed by atoms with Crippen molar-refractivity contribution < 1.29 is 32.2 Å². The molecule has 0 aromatic heterocycles. The van der Waals surface area contributed by atoms with Crippen molar-refractivity contribution in [3.8, 4) is 17.2 Å². The van der Waals surface area contributed by atoms with Crippen LogP contribution in [-0.2, 0) is 26.2 Å². The SMILES string of the molecule is COc1ccc(N2C(=O)CC(N(Cc3ccc4c(c3)OCO4)S(=O)(=O)c3ccc(Cl)cc3)C2=O)cc1. The molecule has 3 aromatic carbocycles. The highest BCUT2D eigenvalue weighted by Crippen LogP contribution is 2.35. The molecule has 11 heteroatoms. The largest absolute Gasteiger partial charge is 0.497 e. The molecule has 0 saturated carbocycles. The average Bonchev–Trinajstić information content (AvgIpc) is 3.46. The minimum Gasteiger partial charge on any atom is -0.497 e. The number of nitrogens with zero attached hydrogens (tertiary/aromatic N) is 2. The van der Waals surface area contributed by atoms with Gasteiger partial charge in [-0.3, -0.25) is 9.59 Å². The zero-order valence-electron chi connectivity index (χ0n) is 19.1. The van der Waals surface area contributed by atoms with Crippen molar-refractivity contribution >= 4 is 39.1 Å². The highest BCUT2D eigenvalue weighted by molar-refractivity contribution is 7.89. The van der Waals surface area contributed by atoms with Gasteiger partial charge in [0, 0.05) is 11.6 Å². The summed E-state index contributed by atoms with van der Waals surface area (Å²) < 4.78 is 44.5. The minimum absolute atomic E-state index is 0.0456. The highest BCUT2D eigenvalue weighted by Gasteiger charge is 2.47. The molecule has 186 valence electrons. The summed E-state index contributed by atoms with van der Waals surface area (Å²) in [5, 5.41) is 0.370. The van der Waals surface area contributed by atoms with Crippen LogP contribution in [0.4, 0.5) is 5.69 Å². The van der Waals surface area contributed by atoms with E-state index in [9.17, 15) is 18.0 Å². The third kappa shape index (κ3) is 4.39. The Hall–Kier alpha value is -3.60. The number of methoxy groups -OCH3 is 1. The molecule has 2 heterocycles. The van der Waals surface area contributed by atoms with Crippen LogP contribution in [0.2, 0.25) is 5.02 Å². The maximum atomic E-state index is 13.8. The number of carbonyl (C=O) groups excluding carboxylic acids is 2. The summed E-state index contributed by atoms with van der Waals surface area (Å²) in [7, 11) is -2.70. The molecule has 0 radical (unpaired) electrons. The van der Waals surface area contributed by atoms with E-state index in [0.29, 0.717) is 33.5 Å². The molecule has 1 fully saturated rings. The van der Waals surface area contributed by atoms with E-state index in [1.807, 2.05) is 0 Å². The van der Waals surface area contributed by atoms with Gasteiger partial charge >= 0.3 is 0 Å². The van der Waals surface area contributed by atoms with Crippen molar-refractivity contribution in [2.75, 3.05) is 18.8 Å². The molecule has 1 atom stereocenters. The molecule has 9 nitrogen and oxygen atoms in total. The van der Waals surface area contributed by atoms with Crippen LogP contribution in [0.3, 0.4) is 0 Å². The zero-order chi connectivity index (χ0) is 25.4. The van der Waals surface area contributed by atoms with E-state index in [-0.39, 0.29) is 24.7 Å². The van der Waals surface area contributed by atoms with Gasteiger partial charge in [0.15, 0.2) is 11.5 Å². The fraction of sp³-hybridized carbons (Fsp3) is 0.200. The maximum absolute atomic E-state index is 13.8. The smallest absolute Gasteiger partial charge is 0.252 e. The van der Waals surface area contributed by atoms with Crippen molar-refractivity contribution in [3.63, 3.8) is 0 Å². The molecule has 1 saturated heterocycles. The molecule has 2 aliphatic heterocycles. The van der Waals surface area contributed by atoms with E-state index in [0.717, 1.165) is 9.21 Å². The molecule has 0 bridgehead atoms. The molecule has 0 spiro atoms. The quantitative estimate of drug-likeness (QED) is 0.432. The fourth-order valence-electron chi connectivity index (χ4n) is 4.17. The number of ether oxygens (including phenoxy) is 3. The Labute approximate surface area is 212 Å². The Morgan fingerprint density at radius 2 is 1.69 bits per heavy atom. The molecule has 3 aromatic rings. The number of amides is 2. The van der Waals surface area contributed by atoms with E-state index in [2.05, 4.69) is 0 Å². The number of hydrogen-bond acceptors (Lipinski definition) is 7. The molecule has 1 unspecified atom stereocenters. The van der Waals surface area contributed by atoms with Gasteiger partial charge in [-0.1, -0.05) is 17.7 Å². The lowest BCUT2D eigenvalue weighted by Gasteiger charge is -2.27. The van der Waals surface area contributed by atoms with Crippen LogP contribution in [0.5, 0.6) is 17.2 Å². The van der Waals surface area contributed by atoms with Crippen LogP contribution >= 0.6 is 11.6 Å². The van der Waals surface area contributed by atoms with Crippen LogP contribution in [0.1, 0.15) is 12.0 Å². The van der Waals surface area contributed by atoms with E-state index in [1.165, 1.54) is 31.4 Å². The zero-order valence-corrected chi connectivity index (χ0v) is 20.7. The van der Waals surface area contributed by atoms with Crippen LogP contribution < -0.4 is 19.1 Å². The van der Waals surface area contributed by atoms with Gasteiger partial charge in [-0.05, 0) is 66.2 Å². The van der Waals surface area contributed by atoms with Gasteiger partial charge < -0.3 is 14.2 Å². The van der Waals surface area contributed by atoms with E-state index in [1.54, 1.807) is 42.5 Å². The first kappa shape index (κ1) is 24.1. The number of halogens is 1. The summed E-state index contributed by atoms with van der Waals surface area (Å²) in [6, 6.07) is 15.8. The number of anilines is 1. The van der Waals surface area contributed by atoms with Crippen LogP contribution in [-0.4, -0.2) is 44.5 Å². The Bertz CT molecular complexity index is 1430. The Balaban J connectivity index is 1.52. The number of carbonyl (C=O) groups is 2. The third-order valence-electron chi connectivity index (χ3n) is 6.00. The molecule has 5 rings (SSSR count). The van der Waals surface area contributed by atoms with E-state index < -0.39 is 27.9 Å². The maximum Gasteiger partial charge on any atom is 0.252 e. The third-order valence-corrected chi connectivity index (χ3v) is 8.12. The second kappa shape index (κ2) is 9.45. The molecule has 0 aliphatic carbocycles. The van der Waals surface area contributed by atoms with Crippen LogP contribution in [0.25, 0.3) is 0 Å². The number of hydrogen-bond donors (Lipinski definition) is 0. The second-order valence-corrected chi connectivity index (χ2v) is 10.5. The number of sulfonamides is 1. The van der Waals surface area contributed by atoms with Crippen LogP contribution in [0, 0.1) is 0 Å². The van der Waals surface area contributed by atoms with E-state index in [4.69, 9.17) is 25.8 Å². The number of rotatable bonds is 7. The fourth-order valence-corrected chi connectivity index (χ4v) is 5.86. The summed E-state index contributed by atoms with van der Waals surface area (Å²) >= 11 is 5.95. The topological polar surface area (TPSA) is 102 Å². The standard InChI is InChI=1S/C25H21ClN2O7S/c1-33-19-7-5-18(6-8-19)28-24(29)13-21(25(28)30)27(36(31,32)20-9-3-17(26)4-10-20)14-16-2-11-22-23(12-16)35-15-34-22/h2-12,21H,13-15H2,1H3. The molecule has 2 aliphatic rings. The van der Waals surface area contributed by atoms with Crippen molar-refractivity contribution in [1.29, 1.82) is 0 Å². The first-order valence-corrected chi connectivity index (χ1v) is 12.8. The minimum atomic E-state index is -4.20. The molecule has 0 N–H and O–H groups in total. The van der Waals surface area contributed by atoms with Crippen molar-refractivity contribution in [1.82, 2.24) is 4.31 Å². The van der Waals surface area contributed by atoms with Gasteiger partial charge in [0.2, 0.25) is 22.7 Å². The highest BCUT2D eigenvalue weighted by atomic mass is 35.5. The lowest BCUT2D eigenvalue weighted by atomic mass is 10.1. The molecular weight excluding hydrogens is 508 g/mol. The van der Waals surface area contributed by atoms with Crippen molar-refractivity contribution in [2.45, 2.75) is 23.9 Å². The summed E-state index contributed by atoms with van der Waals surface area (Å²) in [6.07, 6.45) is -0.303.